The molecule has 0 unspecified atom stereocenters. The van der Waals surface area contributed by atoms with E-state index in [0.717, 1.165) is 29.4 Å². The van der Waals surface area contributed by atoms with Gasteiger partial charge < -0.3 is 9.47 Å². The summed E-state index contributed by atoms with van der Waals surface area (Å²) in [7, 11) is 0. The van der Waals surface area contributed by atoms with E-state index >= 15 is 0 Å². The van der Waals surface area contributed by atoms with Crippen molar-refractivity contribution in [3.05, 3.63) is 96.1 Å². The van der Waals surface area contributed by atoms with E-state index in [-0.39, 0.29) is 5.78 Å². The molecule has 0 fully saturated rings. The molecule has 0 atom stereocenters. The normalized spacial score (nSPS) is 11.0. The molecule has 0 bridgehead atoms. The Hall–Kier alpha value is -4.32. The first-order valence-electron chi connectivity index (χ1n) is 11.5. The van der Waals surface area contributed by atoms with Crippen LogP contribution in [0.15, 0.2) is 95.2 Å². The van der Waals surface area contributed by atoms with Crippen molar-refractivity contribution in [3.63, 3.8) is 0 Å². The average molecular weight is 467 g/mol. The molecule has 0 aliphatic heterocycles. The van der Waals surface area contributed by atoms with Crippen molar-refractivity contribution in [3.8, 4) is 11.5 Å². The predicted octanol–water partition coefficient (Wildman–Crippen LogP) is 7.86. The third-order valence-electron chi connectivity index (χ3n) is 5.47. The van der Waals surface area contributed by atoms with Gasteiger partial charge in [-0.25, -0.2) is 4.79 Å². The molecule has 0 amide bonds. The van der Waals surface area contributed by atoms with Gasteiger partial charge in [0.05, 0.1) is 23.5 Å². The van der Waals surface area contributed by atoms with Crippen LogP contribution in [0.25, 0.3) is 10.8 Å². The van der Waals surface area contributed by atoms with Gasteiger partial charge >= 0.3 is 5.97 Å². The molecule has 35 heavy (non-hydrogen) atoms. The number of Topliss-reactive ketones (excluding diaryl/α,β-unsaturated/α-hetero) is 1. The zero-order valence-corrected chi connectivity index (χ0v) is 19.7. The molecular weight excluding hydrogens is 440 g/mol. The van der Waals surface area contributed by atoms with E-state index in [1.54, 1.807) is 60.7 Å². The van der Waals surface area contributed by atoms with Crippen LogP contribution in [0.4, 0.5) is 11.4 Å². The summed E-state index contributed by atoms with van der Waals surface area (Å²) in [6.07, 6.45) is 2.05. The molecule has 0 aliphatic rings. The van der Waals surface area contributed by atoms with Crippen LogP contribution in [0.3, 0.4) is 0 Å². The lowest BCUT2D eigenvalue weighted by Crippen LogP contribution is -2.08. The van der Waals surface area contributed by atoms with Gasteiger partial charge in [0.1, 0.15) is 11.5 Å². The van der Waals surface area contributed by atoms with Crippen LogP contribution in [0, 0.1) is 0 Å². The number of ketones is 1. The van der Waals surface area contributed by atoms with Crippen molar-refractivity contribution < 1.29 is 19.1 Å². The van der Waals surface area contributed by atoms with E-state index in [1.807, 2.05) is 24.3 Å². The van der Waals surface area contributed by atoms with Gasteiger partial charge in [-0.1, -0.05) is 37.6 Å². The van der Waals surface area contributed by atoms with Crippen molar-refractivity contribution in [1.82, 2.24) is 0 Å². The first kappa shape index (κ1) is 23.8. The lowest BCUT2D eigenvalue weighted by Gasteiger charge is -2.10. The Bertz CT molecular complexity index is 1360. The Morgan fingerprint density at radius 3 is 2.14 bits per heavy atom. The number of esters is 1. The fourth-order valence-electron chi connectivity index (χ4n) is 3.49. The fourth-order valence-corrected chi connectivity index (χ4v) is 3.49. The minimum absolute atomic E-state index is 0.000805. The Balaban J connectivity index is 1.52. The fraction of sp³-hybridized carbons (Fsp3) is 0.172. The van der Waals surface area contributed by atoms with Crippen molar-refractivity contribution >= 4 is 33.9 Å². The molecule has 0 saturated heterocycles. The molecule has 4 aromatic rings. The summed E-state index contributed by atoms with van der Waals surface area (Å²) >= 11 is 0. The monoisotopic (exact) mass is 466 g/mol. The maximum absolute atomic E-state index is 12.8. The van der Waals surface area contributed by atoms with Gasteiger partial charge in [-0.15, -0.1) is 5.11 Å². The van der Waals surface area contributed by atoms with E-state index in [4.69, 9.17) is 9.47 Å². The van der Waals surface area contributed by atoms with Crippen LogP contribution in [-0.2, 0) is 0 Å². The molecular formula is C29H26N2O4. The Morgan fingerprint density at radius 2 is 1.46 bits per heavy atom. The van der Waals surface area contributed by atoms with E-state index in [9.17, 15) is 9.59 Å². The highest BCUT2D eigenvalue weighted by atomic mass is 16.5. The minimum atomic E-state index is -0.449. The lowest BCUT2D eigenvalue weighted by atomic mass is 10.1. The number of rotatable bonds is 9. The summed E-state index contributed by atoms with van der Waals surface area (Å²) in [6, 6.07) is 24.9. The number of unbranched alkanes of at least 4 members (excludes halogenated alkanes) is 1. The van der Waals surface area contributed by atoms with Crippen LogP contribution in [0.2, 0.25) is 0 Å². The van der Waals surface area contributed by atoms with E-state index < -0.39 is 5.97 Å². The Labute approximate surface area is 204 Å². The Morgan fingerprint density at radius 1 is 0.771 bits per heavy atom. The summed E-state index contributed by atoms with van der Waals surface area (Å²) in [4.78, 5) is 24.2. The van der Waals surface area contributed by atoms with Crippen molar-refractivity contribution in [2.75, 3.05) is 6.61 Å². The SMILES string of the molecule is CCCCOc1ccc(C(=O)Oc2ccc(N=Nc3ccc(C(C)=O)cc3)c3ccccc23)cc1. The first-order valence-corrected chi connectivity index (χ1v) is 11.5. The minimum Gasteiger partial charge on any atom is -0.494 e. The number of benzene rings is 4. The summed E-state index contributed by atoms with van der Waals surface area (Å²) < 4.78 is 11.4. The topological polar surface area (TPSA) is 77.3 Å². The van der Waals surface area contributed by atoms with E-state index in [2.05, 4.69) is 17.2 Å². The zero-order chi connectivity index (χ0) is 24.6. The van der Waals surface area contributed by atoms with Crippen molar-refractivity contribution in [1.29, 1.82) is 0 Å². The second kappa shape index (κ2) is 11.2. The van der Waals surface area contributed by atoms with Crippen LogP contribution < -0.4 is 9.47 Å². The van der Waals surface area contributed by atoms with Gasteiger partial charge in [-0.2, -0.15) is 5.11 Å². The maximum atomic E-state index is 12.8. The molecule has 0 heterocycles. The quantitative estimate of drug-likeness (QED) is 0.0827. The number of fused-ring (bicyclic) bond motifs is 1. The van der Waals surface area contributed by atoms with Gasteiger partial charge in [-0.3, -0.25) is 4.79 Å². The van der Waals surface area contributed by atoms with E-state index in [0.29, 0.717) is 34.9 Å². The molecule has 0 radical (unpaired) electrons. The smallest absolute Gasteiger partial charge is 0.343 e. The number of nitrogens with zero attached hydrogens (tertiary/aromatic N) is 2. The van der Waals surface area contributed by atoms with Gasteiger partial charge in [0.15, 0.2) is 5.78 Å². The Kier molecular flexibility index (Phi) is 7.63. The van der Waals surface area contributed by atoms with Crippen molar-refractivity contribution in [2.24, 2.45) is 10.2 Å². The highest BCUT2D eigenvalue weighted by Crippen LogP contribution is 2.34. The molecule has 176 valence electrons. The molecule has 0 aromatic heterocycles. The molecule has 6 nitrogen and oxygen atoms in total. The molecule has 4 rings (SSSR count). The highest BCUT2D eigenvalue weighted by Gasteiger charge is 2.13. The molecule has 6 heteroatoms. The average Bonchev–Trinajstić information content (AvgIpc) is 2.89. The summed E-state index contributed by atoms with van der Waals surface area (Å²) in [5.41, 5.74) is 2.34. The molecule has 0 aliphatic carbocycles. The molecule has 0 N–H and O–H groups in total. The zero-order valence-electron chi connectivity index (χ0n) is 19.7. The predicted molar refractivity (Wildman–Crippen MR) is 136 cm³/mol. The summed E-state index contributed by atoms with van der Waals surface area (Å²) in [5, 5.41) is 10.2. The van der Waals surface area contributed by atoms with Crippen LogP contribution in [0.5, 0.6) is 11.5 Å². The number of hydrogen-bond donors (Lipinski definition) is 0. The third-order valence-corrected chi connectivity index (χ3v) is 5.47. The van der Waals surface area contributed by atoms with Gasteiger partial charge in [-0.05, 0) is 74.0 Å². The lowest BCUT2D eigenvalue weighted by molar-refractivity contribution is 0.0737. The van der Waals surface area contributed by atoms with Gasteiger partial charge in [0, 0.05) is 16.3 Å². The second-order valence-corrected chi connectivity index (χ2v) is 8.05. The molecule has 0 spiro atoms. The first-order chi connectivity index (χ1) is 17.0. The van der Waals surface area contributed by atoms with Crippen LogP contribution in [0.1, 0.15) is 47.4 Å². The van der Waals surface area contributed by atoms with Crippen LogP contribution in [-0.4, -0.2) is 18.4 Å². The largest absolute Gasteiger partial charge is 0.494 e. The number of azo groups is 1. The second-order valence-electron chi connectivity index (χ2n) is 8.05. The summed E-state index contributed by atoms with van der Waals surface area (Å²) in [5.74, 6) is 0.723. The molecule has 0 saturated carbocycles. The van der Waals surface area contributed by atoms with Gasteiger partial charge in [0.2, 0.25) is 0 Å². The molecule has 4 aromatic carbocycles. The number of hydrogen-bond acceptors (Lipinski definition) is 6. The number of ether oxygens (including phenoxy) is 2. The number of carbonyl (C=O) groups excluding carboxylic acids is 2. The van der Waals surface area contributed by atoms with Crippen molar-refractivity contribution in [2.45, 2.75) is 26.7 Å². The van der Waals surface area contributed by atoms with Crippen LogP contribution >= 0.6 is 0 Å². The standard InChI is InChI=1S/C29H26N2O4/c1-3-4-19-34-24-15-11-22(12-16-24)29(33)35-28-18-17-27(25-7-5-6-8-26(25)28)31-30-23-13-9-21(10-14-23)20(2)32/h5-18H,3-4,19H2,1-2H3. The summed E-state index contributed by atoms with van der Waals surface area (Å²) in [6.45, 7) is 4.28. The third kappa shape index (κ3) is 5.98. The van der Waals surface area contributed by atoms with Gasteiger partial charge in [0.25, 0.3) is 0 Å². The number of carbonyl (C=O) groups is 2. The van der Waals surface area contributed by atoms with E-state index in [1.165, 1.54) is 6.92 Å². The maximum Gasteiger partial charge on any atom is 0.343 e. The highest BCUT2D eigenvalue weighted by molar-refractivity contribution is 6.00.